The Kier molecular flexibility index (Phi) is 6.36. The van der Waals surface area contributed by atoms with Gasteiger partial charge in [0.2, 0.25) is 0 Å². The molecule has 3 nitrogen and oxygen atoms in total. The molecule has 4 heteroatoms. The summed E-state index contributed by atoms with van der Waals surface area (Å²) in [5, 5.41) is 0. The molecule has 0 spiro atoms. The van der Waals surface area contributed by atoms with Crippen molar-refractivity contribution in [1.82, 2.24) is 0 Å². The summed E-state index contributed by atoms with van der Waals surface area (Å²) in [7, 11) is 0.314. The molecule has 0 aromatic rings. The molecule has 30 heavy (non-hydrogen) atoms. The van der Waals surface area contributed by atoms with Gasteiger partial charge in [-0.3, -0.25) is 4.79 Å². The number of ether oxygens (including phenoxy) is 1. The fourth-order valence-electron chi connectivity index (χ4n) is 8.92. The van der Waals surface area contributed by atoms with E-state index in [1.165, 1.54) is 44.6 Å². The summed E-state index contributed by atoms with van der Waals surface area (Å²) in [6.07, 6.45) is 11.1. The zero-order valence-corrected chi connectivity index (χ0v) is 21.5. The zero-order valence-electron chi connectivity index (χ0n) is 20.5. The van der Waals surface area contributed by atoms with Crippen molar-refractivity contribution in [3.05, 3.63) is 0 Å². The van der Waals surface area contributed by atoms with Crippen molar-refractivity contribution in [2.75, 3.05) is 13.7 Å². The normalized spacial score (nSPS) is 44.0. The molecule has 0 radical (unpaired) electrons. The molecule has 4 fully saturated rings. The van der Waals surface area contributed by atoms with Crippen LogP contribution in [0.25, 0.3) is 0 Å². The van der Waals surface area contributed by atoms with E-state index >= 15 is 0 Å². The highest BCUT2D eigenvalue weighted by Crippen LogP contribution is 2.65. The third-order valence-corrected chi connectivity index (χ3v) is 12.6. The van der Waals surface area contributed by atoms with Gasteiger partial charge in [0.05, 0.1) is 6.61 Å². The molecule has 4 saturated carbocycles. The lowest BCUT2D eigenvalue weighted by Gasteiger charge is -2.61. The molecule has 172 valence electrons. The predicted octanol–water partition coefficient (Wildman–Crippen LogP) is 6.47. The van der Waals surface area contributed by atoms with E-state index in [1.807, 2.05) is 7.11 Å². The van der Waals surface area contributed by atoms with E-state index in [4.69, 9.17) is 9.16 Å². The molecule has 0 aromatic heterocycles. The van der Waals surface area contributed by atoms with Gasteiger partial charge in [0.15, 0.2) is 8.32 Å². The Morgan fingerprint density at radius 2 is 1.83 bits per heavy atom. The lowest BCUT2D eigenvalue weighted by Crippen LogP contribution is -2.57. The molecule has 0 aromatic carbocycles. The number of rotatable bonds is 6. The standard InChI is InChI=1S/C26H46O3Si/c1-18(2)16-30(5,6)29-20-11-14-26(17-28-4)19(15-20)7-8-21-22-9-10-24(27)25(22,3)13-12-23(21)26/h18-23H,7-17H2,1-6H3/t19?,20?,21-,22-,23+,25-,26+/m0/s1. The van der Waals surface area contributed by atoms with Crippen LogP contribution in [0.5, 0.6) is 0 Å². The highest BCUT2D eigenvalue weighted by atomic mass is 28.4. The van der Waals surface area contributed by atoms with E-state index < -0.39 is 8.32 Å². The van der Waals surface area contributed by atoms with Crippen molar-refractivity contribution in [2.45, 2.75) is 104 Å². The van der Waals surface area contributed by atoms with Crippen LogP contribution in [0.3, 0.4) is 0 Å². The summed E-state index contributed by atoms with van der Waals surface area (Å²) in [5.74, 6) is 4.15. The number of Topliss-reactive ketones (excluding diaryl/α,β-unsaturated/α-hetero) is 1. The Morgan fingerprint density at radius 1 is 1.07 bits per heavy atom. The Balaban J connectivity index is 1.52. The van der Waals surface area contributed by atoms with Crippen LogP contribution >= 0.6 is 0 Å². The summed E-state index contributed by atoms with van der Waals surface area (Å²) in [6.45, 7) is 12.7. The lowest BCUT2D eigenvalue weighted by atomic mass is 9.45. The molecule has 0 N–H and O–H groups in total. The minimum Gasteiger partial charge on any atom is -0.414 e. The van der Waals surface area contributed by atoms with E-state index in [0.717, 1.165) is 49.5 Å². The van der Waals surface area contributed by atoms with E-state index in [9.17, 15) is 4.79 Å². The Labute approximate surface area is 186 Å². The van der Waals surface area contributed by atoms with Crippen molar-refractivity contribution in [3.63, 3.8) is 0 Å². The van der Waals surface area contributed by atoms with Crippen LogP contribution < -0.4 is 0 Å². The fourth-order valence-corrected chi connectivity index (χ4v) is 12.1. The fraction of sp³-hybridized carbons (Fsp3) is 0.962. The zero-order chi connectivity index (χ0) is 21.7. The molecular formula is C26H46O3Si. The summed E-state index contributed by atoms with van der Waals surface area (Å²) in [6, 6.07) is 1.26. The SMILES string of the molecule is COC[C@]12CCC(O[Si](C)(C)CC(C)C)CC1CC[C@@H]1[C@H]2CC[C@]2(C)C(=O)CC[C@@H]12. The first-order valence-corrected chi connectivity index (χ1v) is 15.9. The van der Waals surface area contributed by atoms with Gasteiger partial charge in [0.1, 0.15) is 5.78 Å². The first-order valence-electron chi connectivity index (χ1n) is 12.8. The van der Waals surface area contributed by atoms with Crippen LogP contribution in [0, 0.1) is 40.4 Å². The number of carbonyl (C=O) groups is 1. The number of carbonyl (C=O) groups excluding carboxylic acids is 1. The average molecular weight is 435 g/mol. The van der Waals surface area contributed by atoms with Gasteiger partial charge < -0.3 is 9.16 Å². The second-order valence-corrected chi connectivity index (χ2v) is 16.8. The van der Waals surface area contributed by atoms with Gasteiger partial charge in [-0.1, -0.05) is 20.8 Å². The van der Waals surface area contributed by atoms with Crippen LogP contribution in [0.15, 0.2) is 0 Å². The highest BCUT2D eigenvalue weighted by molar-refractivity contribution is 6.71. The molecule has 0 bridgehead atoms. The second kappa shape index (κ2) is 8.30. The molecule has 0 aliphatic heterocycles. The predicted molar refractivity (Wildman–Crippen MR) is 125 cm³/mol. The van der Waals surface area contributed by atoms with Crippen LogP contribution in [-0.2, 0) is 14.0 Å². The first-order chi connectivity index (χ1) is 14.1. The van der Waals surface area contributed by atoms with Crippen LogP contribution in [0.4, 0.5) is 0 Å². The van der Waals surface area contributed by atoms with Gasteiger partial charge in [-0.2, -0.15) is 0 Å². The molecule has 4 aliphatic carbocycles. The molecule has 0 saturated heterocycles. The van der Waals surface area contributed by atoms with Gasteiger partial charge in [-0.25, -0.2) is 0 Å². The van der Waals surface area contributed by atoms with Crippen molar-refractivity contribution < 1.29 is 14.0 Å². The topological polar surface area (TPSA) is 35.5 Å². The molecule has 0 amide bonds. The quantitative estimate of drug-likeness (QED) is 0.449. The molecule has 7 atom stereocenters. The number of ketones is 1. The summed E-state index contributed by atoms with van der Waals surface area (Å²) >= 11 is 0. The van der Waals surface area contributed by atoms with Gasteiger partial charge >= 0.3 is 0 Å². The van der Waals surface area contributed by atoms with E-state index in [-0.39, 0.29) is 5.41 Å². The average Bonchev–Trinajstić information content (AvgIpc) is 2.96. The Bertz CT molecular complexity index is 646. The molecule has 2 unspecified atom stereocenters. The van der Waals surface area contributed by atoms with E-state index in [0.29, 0.717) is 23.2 Å². The van der Waals surface area contributed by atoms with Crippen molar-refractivity contribution in [1.29, 1.82) is 0 Å². The second-order valence-electron chi connectivity index (χ2n) is 12.6. The largest absolute Gasteiger partial charge is 0.414 e. The van der Waals surface area contributed by atoms with Crippen molar-refractivity contribution in [3.8, 4) is 0 Å². The van der Waals surface area contributed by atoms with Gasteiger partial charge in [0, 0.05) is 25.0 Å². The minimum absolute atomic E-state index is 0.0188. The monoisotopic (exact) mass is 434 g/mol. The lowest BCUT2D eigenvalue weighted by molar-refractivity contribution is -0.158. The van der Waals surface area contributed by atoms with Crippen LogP contribution in [0.1, 0.15) is 78.6 Å². The number of methoxy groups -OCH3 is 1. The van der Waals surface area contributed by atoms with E-state index in [2.05, 4.69) is 33.9 Å². The molecule has 0 heterocycles. The van der Waals surface area contributed by atoms with Gasteiger partial charge in [-0.15, -0.1) is 0 Å². The van der Waals surface area contributed by atoms with Gasteiger partial charge in [-0.05, 0) is 106 Å². The summed E-state index contributed by atoms with van der Waals surface area (Å²) in [5.41, 5.74) is 0.309. The van der Waals surface area contributed by atoms with Crippen LogP contribution in [-0.4, -0.2) is 33.9 Å². The molecular weight excluding hydrogens is 388 g/mol. The molecule has 4 aliphatic rings. The Morgan fingerprint density at radius 3 is 2.53 bits per heavy atom. The Hall–Kier alpha value is -0.193. The third kappa shape index (κ3) is 3.88. The van der Waals surface area contributed by atoms with Crippen LogP contribution in [0.2, 0.25) is 19.1 Å². The maximum Gasteiger partial charge on any atom is 0.187 e. The summed E-state index contributed by atoms with van der Waals surface area (Å²) < 4.78 is 12.8. The smallest absolute Gasteiger partial charge is 0.187 e. The maximum atomic E-state index is 12.7. The number of fused-ring (bicyclic) bond motifs is 5. The van der Waals surface area contributed by atoms with Crippen molar-refractivity contribution >= 4 is 14.1 Å². The number of hydrogen-bond acceptors (Lipinski definition) is 3. The maximum absolute atomic E-state index is 12.7. The number of hydrogen-bond donors (Lipinski definition) is 0. The molecule has 4 rings (SSSR count). The van der Waals surface area contributed by atoms with Gasteiger partial charge in [0.25, 0.3) is 0 Å². The summed E-state index contributed by atoms with van der Waals surface area (Å²) in [4.78, 5) is 12.7. The third-order valence-electron chi connectivity index (χ3n) is 9.82. The highest BCUT2D eigenvalue weighted by Gasteiger charge is 2.61. The van der Waals surface area contributed by atoms with E-state index in [1.54, 1.807) is 0 Å². The first kappa shape index (κ1) is 23.0. The minimum atomic E-state index is -1.59. The van der Waals surface area contributed by atoms with Crippen molar-refractivity contribution in [2.24, 2.45) is 40.4 Å².